The number of aliphatic hydroxyl groups excluding tert-OH is 1. The van der Waals surface area contributed by atoms with Crippen molar-refractivity contribution in [3.8, 4) is 0 Å². The fraction of sp³-hybridized carbons (Fsp3) is 0.650. The van der Waals surface area contributed by atoms with E-state index in [9.17, 15) is 9.90 Å². The summed E-state index contributed by atoms with van der Waals surface area (Å²) in [7, 11) is 0. The number of hydrogen-bond donors (Lipinski definition) is 3. The predicted octanol–water partition coefficient (Wildman–Crippen LogP) is 3.03. The van der Waals surface area contributed by atoms with Gasteiger partial charge in [0.15, 0.2) is 0 Å². The molecule has 4 N–H and O–H groups in total. The van der Waals surface area contributed by atoms with Gasteiger partial charge in [0.25, 0.3) is 0 Å². The second-order valence-electron chi connectivity index (χ2n) is 8.22. The largest absolute Gasteiger partial charge is 0.391 e. The number of nitrogens with one attached hydrogen (secondary N) is 1. The minimum Gasteiger partial charge on any atom is -0.391 e. The Hall–Kier alpha value is -1.39. The number of aryl methyl sites for hydroxylation is 1. The molecule has 0 aromatic heterocycles. The van der Waals surface area contributed by atoms with Crippen LogP contribution in [-0.2, 0) is 11.2 Å². The molecule has 4 heteroatoms. The van der Waals surface area contributed by atoms with Gasteiger partial charge >= 0.3 is 0 Å². The highest BCUT2D eigenvalue weighted by Gasteiger charge is 2.41. The Morgan fingerprint density at radius 2 is 1.75 bits per heavy atom. The van der Waals surface area contributed by atoms with E-state index < -0.39 is 11.6 Å². The first-order valence-electron chi connectivity index (χ1n) is 8.88. The summed E-state index contributed by atoms with van der Waals surface area (Å²) in [5, 5.41) is 13.7. The van der Waals surface area contributed by atoms with Crippen LogP contribution in [-0.4, -0.2) is 28.2 Å². The van der Waals surface area contributed by atoms with Crippen LogP contribution in [0.5, 0.6) is 0 Å². The van der Waals surface area contributed by atoms with Gasteiger partial charge in [-0.2, -0.15) is 0 Å². The van der Waals surface area contributed by atoms with Crippen molar-refractivity contribution in [1.82, 2.24) is 5.32 Å². The van der Waals surface area contributed by atoms with Crippen molar-refractivity contribution in [3.63, 3.8) is 0 Å². The minimum atomic E-state index is -1.26. The van der Waals surface area contributed by atoms with Crippen LogP contribution < -0.4 is 11.1 Å². The van der Waals surface area contributed by atoms with E-state index in [4.69, 9.17) is 5.73 Å². The van der Waals surface area contributed by atoms with Crippen LogP contribution in [0, 0.1) is 5.92 Å². The lowest BCUT2D eigenvalue weighted by Crippen LogP contribution is -2.64. The highest BCUT2D eigenvalue weighted by molar-refractivity contribution is 5.87. The van der Waals surface area contributed by atoms with Gasteiger partial charge in [0.2, 0.25) is 5.91 Å². The molecular weight excluding hydrogens is 300 g/mol. The third kappa shape index (κ3) is 6.62. The third-order valence-electron chi connectivity index (χ3n) is 4.19. The second-order valence-corrected chi connectivity index (χ2v) is 8.22. The van der Waals surface area contributed by atoms with Crippen LogP contribution >= 0.6 is 0 Å². The Kier molecular flexibility index (Phi) is 7.43. The monoisotopic (exact) mass is 334 g/mol. The fourth-order valence-corrected chi connectivity index (χ4v) is 2.62. The van der Waals surface area contributed by atoms with Gasteiger partial charge in [-0.1, -0.05) is 44.2 Å². The summed E-state index contributed by atoms with van der Waals surface area (Å²) in [6.07, 6.45) is 1.57. The van der Waals surface area contributed by atoms with Crippen molar-refractivity contribution >= 4 is 5.91 Å². The smallest absolute Gasteiger partial charge is 0.243 e. The summed E-state index contributed by atoms with van der Waals surface area (Å²) < 4.78 is 0. The molecule has 0 heterocycles. The van der Waals surface area contributed by atoms with E-state index in [0.717, 1.165) is 12.0 Å². The second kappa shape index (κ2) is 8.63. The van der Waals surface area contributed by atoms with Crippen LogP contribution in [0.1, 0.15) is 59.4 Å². The highest BCUT2D eigenvalue weighted by Crippen LogP contribution is 2.23. The zero-order chi connectivity index (χ0) is 18.4. The highest BCUT2D eigenvalue weighted by atomic mass is 16.3. The maximum atomic E-state index is 12.7. The number of aliphatic hydroxyl groups is 1. The maximum Gasteiger partial charge on any atom is 0.243 e. The van der Waals surface area contributed by atoms with Crippen LogP contribution in [0.3, 0.4) is 0 Å². The Bertz CT molecular complexity index is 508. The van der Waals surface area contributed by atoms with Crippen LogP contribution in [0.4, 0.5) is 0 Å². The number of carbonyl (C=O) groups excluding carboxylic acids is 1. The maximum absolute atomic E-state index is 12.7. The first-order chi connectivity index (χ1) is 11.0. The number of benzene rings is 1. The van der Waals surface area contributed by atoms with Gasteiger partial charge in [0.1, 0.15) is 5.54 Å². The van der Waals surface area contributed by atoms with Gasteiger partial charge in [-0.3, -0.25) is 4.79 Å². The molecule has 0 spiro atoms. The number of hydrogen-bond acceptors (Lipinski definition) is 3. The zero-order valence-corrected chi connectivity index (χ0v) is 15.8. The molecule has 2 unspecified atom stereocenters. The van der Waals surface area contributed by atoms with E-state index in [0.29, 0.717) is 25.2 Å². The average molecular weight is 335 g/mol. The van der Waals surface area contributed by atoms with E-state index in [-0.39, 0.29) is 11.4 Å². The first kappa shape index (κ1) is 20.7. The molecule has 0 saturated carbocycles. The summed E-state index contributed by atoms with van der Waals surface area (Å²) in [5.74, 6) is 0.160. The molecule has 1 amide bonds. The molecule has 1 aromatic carbocycles. The molecule has 1 aromatic rings. The SMILES string of the molecule is CC(C)CCC(N)(C(=O)NC(C)(C)C)C(O)CCc1ccccc1. The van der Waals surface area contributed by atoms with E-state index >= 15 is 0 Å². The van der Waals surface area contributed by atoms with Gasteiger partial charge in [-0.05, 0) is 57.9 Å². The Labute approximate surface area is 146 Å². The van der Waals surface area contributed by atoms with E-state index in [2.05, 4.69) is 19.2 Å². The standard InChI is InChI=1S/C20H34N2O2/c1-15(2)13-14-20(21,18(24)22-19(3,4)5)17(23)12-11-16-9-7-6-8-10-16/h6-10,15,17,23H,11-14,21H2,1-5H3,(H,22,24). The fourth-order valence-electron chi connectivity index (χ4n) is 2.62. The third-order valence-corrected chi connectivity index (χ3v) is 4.19. The molecule has 0 fully saturated rings. The van der Waals surface area contributed by atoms with Gasteiger partial charge in [-0.25, -0.2) is 0 Å². The van der Waals surface area contributed by atoms with E-state index in [1.807, 2.05) is 51.1 Å². The lowest BCUT2D eigenvalue weighted by molar-refractivity contribution is -0.132. The molecule has 0 aliphatic carbocycles. The predicted molar refractivity (Wildman–Crippen MR) is 99.7 cm³/mol. The molecule has 4 nitrogen and oxygen atoms in total. The summed E-state index contributed by atoms with van der Waals surface area (Å²) in [4.78, 5) is 12.7. The molecule has 1 rings (SSSR count). The van der Waals surface area contributed by atoms with Crippen LogP contribution in [0.2, 0.25) is 0 Å². The molecule has 0 radical (unpaired) electrons. The molecule has 0 aliphatic rings. The first-order valence-corrected chi connectivity index (χ1v) is 8.88. The topological polar surface area (TPSA) is 75.4 Å². The van der Waals surface area contributed by atoms with E-state index in [1.54, 1.807) is 0 Å². The van der Waals surface area contributed by atoms with Crippen LogP contribution in [0.15, 0.2) is 30.3 Å². The lowest BCUT2D eigenvalue weighted by Gasteiger charge is -2.36. The van der Waals surface area contributed by atoms with Gasteiger partial charge in [0, 0.05) is 5.54 Å². The summed E-state index contributed by atoms with van der Waals surface area (Å²) in [5.41, 5.74) is 5.95. The van der Waals surface area contributed by atoms with Gasteiger partial charge in [0.05, 0.1) is 6.10 Å². The van der Waals surface area contributed by atoms with Crippen molar-refractivity contribution in [2.24, 2.45) is 11.7 Å². The normalized spacial score (nSPS) is 15.8. The number of amides is 1. The molecule has 0 bridgehead atoms. The Morgan fingerprint density at radius 3 is 2.25 bits per heavy atom. The van der Waals surface area contributed by atoms with Crippen molar-refractivity contribution in [3.05, 3.63) is 35.9 Å². The summed E-state index contributed by atoms with van der Waals surface area (Å²) >= 11 is 0. The van der Waals surface area contributed by atoms with Crippen molar-refractivity contribution < 1.29 is 9.90 Å². The Balaban J connectivity index is 2.83. The number of rotatable bonds is 8. The van der Waals surface area contributed by atoms with Crippen molar-refractivity contribution in [2.45, 2.75) is 77.5 Å². The molecular formula is C20H34N2O2. The molecule has 0 aliphatic heterocycles. The van der Waals surface area contributed by atoms with Crippen molar-refractivity contribution in [1.29, 1.82) is 0 Å². The molecule has 136 valence electrons. The van der Waals surface area contributed by atoms with E-state index in [1.165, 1.54) is 0 Å². The minimum absolute atomic E-state index is 0.267. The average Bonchev–Trinajstić information content (AvgIpc) is 2.49. The molecule has 24 heavy (non-hydrogen) atoms. The molecule has 2 atom stereocenters. The number of carbonyl (C=O) groups is 1. The number of nitrogens with two attached hydrogens (primary N) is 1. The van der Waals surface area contributed by atoms with Crippen molar-refractivity contribution in [2.75, 3.05) is 0 Å². The molecule has 0 saturated heterocycles. The Morgan fingerprint density at radius 1 is 1.17 bits per heavy atom. The zero-order valence-electron chi connectivity index (χ0n) is 15.8. The van der Waals surface area contributed by atoms with Gasteiger partial charge in [-0.15, -0.1) is 0 Å². The van der Waals surface area contributed by atoms with Gasteiger partial charge < -0.3 is 16.2 Å². The summed E-state index contributed by atoms with van der Waals surface area (Å²) in [6.45, 7) is 9.95. The lowest BCUT2D eigenvalue weighted by atomic mass is 9.82. The quantitative estimate of drug-likeness (QED) is 0.684. The van der Waals surface area contributed by atoms with Crippen LogP contribution in [0.25, 0.3) is 0 Å². The summed E-state index contributed by atoms with van der Waals surface area (Å²) in [6, 6.07) is 9.96.